The van der Waals surface area contributed by atoms with E-state index < -0.39 is 0 Å². The van der Waals surface area contributed by atoms with Crippen molar-refractivity contribution in [1.82, 2.24) is 10.6 Å². The summed E-state index contributed by atoms with van der Waals surface area (Å²) in [5.74, 6) is 0.816. The van der Waals surface area contributed by atoms with E-state index in [9.17, 15) is 4.79 Å². The average Bonchev–Trinajstić information content (AvgIpc) is 2.62. The van der Waals surface area contributed by atoms with Crippen molar-refractivity contribution >= 4 is 6.03 Å². The van der Waals surface area contributed by atoms with Gasteiger partial charge in [-0.3, -0.25) is 0 Å². The van der Waals surface area contributed by atoms with Gasteiger partial charge in [-0.15, -0.1) is 0 Å². The molecule has 27 heavy (non-hydrogen) atoms. The van der Waals surface area contributed by atoms with Gasteiger partial charge in [0.2, 0.25) is 0 Å². The van der Waals surface area contributed by atoms with Crippen molar-refractivity contribution < 1.29 is 9.53 Å². The van der Waals surface area contributed by atoms with Gasteiger partial charge in [0.15, 0.2) is 6.73 Å². The van der Waals surface area contributed by atoms with E-state index in [0.29, 0.717) is 6.54 Å². The van der Waals surface area contributed by atoms with E-state index in [0.717, 1.165) is 30.6 Å². The highest BCUT2D eigenvalue weighted by Crippen LogP contribution is 2.31. The molecule has 0 bridgehead atoms. The van der Waals surface area contributed by atoms with E-state index in [1.165, 1.54) is 11.1 Å². The zero-order valence-electron chi connectivity index (χ0n) is 17.0. The largest absolute Gasteiger partial charge is 0.473 e. The van der Waals surface area contributed by atoms with Crippen LogP contribution in [0.1, 0.15) is 50.3 Å². The Kier molecular flexibility index (Phi) is 7.71. The third-order valence-electron chi connectivity index (χ3n) is 4.42. The number of rotatable bonds is 8. The number of carbonyl (C=O) groups excluding carboxylic acids is 1. The highest BCUT2D eigenvalue weighted by Gasteiger charge is 2.19. The number of aryl methyl sites for hydroxylation is 2. The Morgan fingerprint density at radius 3 is 2.44 bits per heavy atom. The zero-order valence-corrected chi connectivity index (χ0v) is 17.0. The molecule has 0 unspecified atom stereocenters. The van der Waals surface area contributed by atoms with Gasteiger partial charge in [-0.1, -0.05) is 68.8 Å². The molecule has 0 aliphatic rings. The van der Waals surface area contributed by atoms with Crippen LogP contribution in [-0.4, -0.2) is 19.3 Å². The van der Waals surface area contributed by atoms with Gasteiger partial charge in [0.25, 0.3) is 0 Å². The predicted molar refractivity (Wildman–Crippen MR) is 111 cm³/mol. The lowest BCUT2D eigenvalue weighted by Crippen LogP contribution is -2.38. The first kappa shape index (κ1) is 20.8. The molecule has 0 spiro atoms. The molecule has 2 aromatic carbocycles. The maximum absolute atomic E-state index is 11.9. The van der Waals surface area contributed by atoms with Gasteiger partial charge in [-0.25, -0.2) is 4.79 Å². The number of ether oxygens (including phenoxy) is 1. The molecule has 0 aliphatic carbocycles. The van der Waals surface area contributed by atoms with Gasteiger partial charge in [0.1, 0.15) is 5.75 Å². The van der Waals surface area contributed by atoms with E-state index in [2.05, 4.69) is 68.7 Å². The Balaban J connectivity index is 1.66. The van der Waals surface area contributed by atoms with E-state index in [1.54, 1.807) is 0 Å². The fraction of sp³-hybridized carbons (Fsp3) is 0.435. The lowest BCUT2D eigenvalue weighted by atomic mass is 9.85. The SMILES string of the molecule is Cc1ccc(OCNC(=O)NCCCCc2ccccc2)c(C(C)(C)C)c1. The molecule has 0 fully saturated rings. The van der Waals surface area contributed by atoms with Crippen LogP contribution in [0, 0.1) is 6.92 Å². The van der Waals surface area contributed by atoms with E-state index in [-0.39, 0.29) is 18.2 Å². The minimum atomic E-state index is -0.195. The Morgan fingerprint density at radius 2 is 1.74 bits per heavy atom. The second-order valence-corrected chi connectivity index (χ2v) is 7.91. The molecule has 0 aliphatic heterocycles. The summed E-state index contributed by atoms with van der Waals surface area (Å²) in [5.41, 5.74) is 3.67. The van der Waals surface area contributed by atoms with Crippen LogP contribution in [0.25, 0.3) is 0 Å². The predicted octanol–water partition coefficient (Wildman–Crippen LogP) is 4.95. The maximum Gasteiger partial charge on any atom is 0.317 e. The van der Waals surface area contributed by atoms with Crippen molar-refractivity contribution in [3.05, 3.63) is 65.2 Å². The second kappa shape index (κ2) is 10.0. The second-order valence-electron chi connectivity index (χ2n) is 7.91. The Hall–Kier alpha value is -2.49. The summed E-state index contributed by atoms with van der Waals surface area (Å²) in [6.45, 7) is 9.36. The zero-order chi connectivity index (χ0) is 19.7. The van der Waals surface area contributed by atoms with Gasteiger partial charge in [-0.05, 0) is 48.8 Å². The summed E-state index contributed by atoms with van der Waals surface area (Å²) in [4.78, 5) is 11.9. The van der Waals surface area contributed by atoms with E-state index >= 15 is 0 Å². The molecule has 0 aromatic heterocycles. The fourth-order valence-electron chi connectivity index (χ4n) is 2.90. The minimum Gasteiger partial charge on any atom is -0.473 e. The summed E-state index contributed by atoms with van der Waals surface area (Å²) < 4.78 is 5.80. The average molecular weight is 369 g/mol. The van der Waals surface area contributed by atoms with E-state index in [4.69, 9.17) is 4.74 Å². The molecular weight excluding hydrogens is 336 g/mol. The van der Waals surface area contributed by atoms with Crippen LogP contribution in [0.15, 0.2) is 48.5 Å². The minimum absolute atomic E-state index is 0.0115. The quantitative estimate of drug-likeness (QED) is 0.511. The van der Waals surface area contributed by atoms with Gasteiger partial charge in [0, 0.05) is 6.54 Å². The molecule has 2 amide bonds. The number of carbonyl (C=O) groups is 1. The molecular formula is C23H32N2O2. The van der Waals surface area contributed by atoms with Crippen molar-refractivity contribution in [2.24, 2.45) is 0 Å². The van der Waals surface area contributed by atoms with Crippen molar-refractivity contribution in [1.29, 1.82) is 0 Å². The molecule has 2 rings (SSSR count). The Morgan fingerprint density at radius 1 is 1.00 bits per heavy atom. The molecule has 2 aromatic rings. The van der Waals surface area contributed by atoms with Crippen LogP contribution >= 0.6 is 0 Å². The fourth-order valence-corrected chi connectivity index (χ4v) is 2.90. The lowest BCUT2D eigenvalue weighted by molar-refractivity contribution is 0.223. The summed E-state index contributed by atoms with van der Waals surface area (Å²) >= 11 is 0. The summed E-state index contributed by atoms with van der Waals surface area (Å²) in [7, 11) is 0. The maximum atomic E-state index is 11.9. The van der Waals surface area contributed by atoms with Crippen LogP contribution in [0.5, 0.6) is 5.75 Å². The summed E-state index contributed by atoms with van der Waals surface area (Å²) in [6.07, 6.45) is 3.05. The van der Waals surface area contributed by atoms with Crippen molar-refractivity contribution in [3.63, 3.8) is 0 Å². The van der Waals surface area contributed by atoms with Crippen molar-refractivity contribution in [2.45, 2.75) is 52.4 Å². The molecule has 146 valence electrons. The number of unbranched alkanes of at least 4 members (excludes halogenated alkanes) is 1. The van der Waals surface area contributed by atoms with Crippen LogP contribution in [0.4, 0.5) is 4.79 Å². The first-order chi connectivity index (χ1) is 12.9. The van der Waals surface area contributed by atoms with Crippen LogP contribution in [0.2, 0.25) is 0 Å². The highest BCUT2D eigenvalue weighted by molar-refractivity contribution is 5.73. The van der Waals surface area contributed by atoms with Gasteiger partial charge < -0.3 is 15.4 Å². The number of nitrogens with one attached hydrogen (secondary N) is 2. The van der Waals surface area contributed by atoms with Crippen LogP contribution in [-0.2, 0) is 11.8 Å². The topological polar surface area (TPSA) is 50.4 Å². The number of hydrogen-bond donors (Lipinski definition) is 2. The third-order valence-corrected chi connectivity index (χ3v) is 4.42. The number of benzene rings is 2. The Labute approximate surface area is 163 Å². The van der Waals surface area contributed by atoms with Gasteiger partial charge in [0.05, 0.1) is 0 Å². The molecule has 2 N–H and O–H groups in total. The lowest BCUT2D eigenvalue weighted by Gasteiger charge is -2.23. The van der Waals surface area contributed by atoms with Crippen LogP contribution in [0.3, 0.4) is 0 Å². The van der Waals surface area contributed by atoms with Gasteiger partial charge in [-0.2, -0.15) is 0 Å². The summed E-state index contributed by atoms with van der Waals surface area (Å²) in [5, 5.41) is 5.64. The monoisotopic (exact) mass is 368 g/mol. The smallest absolute Gasteiger partial charge is 0.317 e. The third kappa shape index (κ3) is 7.33. The highest BCUT2D eigenvalue weighted by atomic mass is 16.5. The molecule has 0 saturated carbocycles. The Bertz CT molecular complexity index is 721. The number of hydrogen-bond acceptors (Lipinski definition) is 2. The molecule has 0 atom stereocenters. The van der Waals surface area contributed by atoms with Crippen molar-refractivity contribution in [2.75, 3.05) is 13.3 Å². The normalized spacial score (nSPS) is 11.1. The summed E-state index contributed by atoms with van der Waals surface area (Å²) in [6, 6.07) is 16.3. The number of amides is 2. The van der Waals surface area contributed by atoms with E-state index in [1.807, 2.05) is 18.2 Å². The molecule has 0 heterocycles. The molecule has 4 nitrogen and oxygen atoms in total. The first-order valence-corrected chi connectivity index (χ1v) is 9.66. The molecule has 0 radical (unpaired) electrons. The van der Waals surface area contributed by atoms with Crippen molar-refractivity contribution in [3.8, 4) is 5.75 Å². The molecule has 4 heteroatoms. The van der Waals surface area contributed by atoms with Gasteiger partial charge >= 0.3 is 6.03 Å². The van der Waals surface area contributed by atoms with Crippen LogP contribution < -0.4 is 15.4 Å². The molecule has 0 saturated heterocycles. The standard InChI is InChI=1S/C23H32N2O2/c1-18-13-14-21(20(16-18)23(2,3)4)27-17-25-22(26)24-15-9-8-12-19-10-6-5-7-11-19/h5-7,10-11,13-14,16H,8-9,12,15,17H2,1-4H3,(H2,24,25,26). The number of urea groups is 1. The first-order valence-electron chi connectivity index (χ1n) is 9.66.